The number of nitrogens with two attached hydrogens (primary N) is 2. The molecule has 0 atom stereocenters. The Morgan fingerprint density at radius 3 is 2.13 bits per heavy atom. The summed E-state index contributed by atoms with van der Waals surface area (Å²) in [4.78, 5) is 44.8. The van der Waals surface area contributed by atoms with E-state index in [4.69, 9.17) is 20.9 Å². The Balaban J connectivity index is 1.73. The molecule has 0 aromatic heterocycles. The Labute approximate surface area is 253 Å². The van der Waals surface area contributed by atoms with Crippen LogP contribution in [0.1, 0.15) is 32.7 Å². The number of carbonyl (C=O) groups is 2. The van der Waals surface area contributed by atoms with E-state index in [0.29, 0.717) is 12.7 Å². The van der Waals surface area contributed by atoms with Gasteiger partial charge in [-0.15, -0.1) is 4.91 Å². The summed E-state index contributed by atoms with van der Waals surface area (Å²) in [5, 5.41) is 18.3. The Bertz CT molecular complexity index is 1540. The van der Waals surface area contributed by atoms with Crippen LogP contribution in [0, 0.1) is 15.0 Å². The summed E-state index contributed by atoms with van der Waals surface area (Å²) in [5.41, 5.74) is 8.18. The number of anilines is 2. The van der Waals surface area contributed by atoms with Gasteiger partial charge in [0.05, 0.1) is 43.5 Å². The van der Waals surface area contributed by atoms with E-state index < -0.39 is 64.5 Å². The van der Waals surface area contributed by atoms with Crippen LogP contribution < -0.4 is 26.8 Å². The van der Waals surface area contributed by atoms with Crippen molar-refractivity contribution in [3.05, 3.63) is 92.4 Å². The summed E-state index contributed by atoms with van der Waals surface area (Å²) >= 11 is 0. The number of nitroso groups, excluding NO2 is 1. The van der Waals surface area contributed by atoms with Gasteiger partial charge in [-0.3, -0.25) is 19.7 Å². The molecule has 0 saturated heterocycles. The number of alkyl halides is 4. The first-order valence-corrected chi connectivity index (χ1v) is 13.1. The van der Waals surface area contributed by atoms with Gasteiger partial charge in [-0.05, 0) is 35.0 Å². The predicted molar refractivity (Wildman–Crippen MR) is 155 cm³/mol. The monoisotopic (exact) mass is 636 g/mol. The third kappa shape index (κ3) is 9.09. The second-order valence-electron chi connectivity index (χ2n) is 9.53. The molecule has 0 radical (unpaired) electrons. The van der Waals surface area contributed by atoms with Crippen molar-refractivity contribution in [2.45, 2.75) is 24.9 Å². The lowest BCUT2D eigenvalue weighted by Gasteiger charge is -2.28. The van der Waals surface area contributed by atoms with Crippen LogP contribution in [0.2, 0.25) is 0 Å². The molecule has 0 aliphatic heterocycles. The van der Waals surface area contributed by atoms with Gasteiger partial charge in [0.15, 0.2) is 5.69 Å². The van der Waals surface area contributed by atoms with Crippen molar-refractivity contribution in [3.8, 4) is 5.75 Å². The molecule has 13 nitrogen and oxygen atoms in total. The fourth-order valence-corrected chi connectivity index (χ4v) is 3.86. The Hall–Kier alpha value is -5.32. The van der Waals surface area contributed by atoms with E-state index in [1.165, 1.54) is 0 Å². The van der Waals surface area contributed by atoms with Crippen LogP contribution in [0.15, 0.2) is 65.8 Å². The second-order valence-corrected chi connectivity index (χ2v) is 9.53. The molecule has 6 N–H and O–H groups in total. The van der Waals surface area contributed by atoms with Crippen molar-refractivity contribution in [2.24, 2.45) is 16.6 Å². The number of hydrogen-bond donors (Lipinski definition) is 4. The third-order valence-electron chi connectivity index (χ3n) is 6.27. The highest BCUT2D eigenvalue weighted by molar-refractivity contribution is 5.96. The Morgan fingerprint density at radius 1 is 0.889 bits per heavy atom. The molecule has 0 spiro atoms. The van der Waals surface area contributed by atoms with E-state index in [2.05, 4.69) is 5.18 Å². The van der Waals surface area contributed by atoms with Crippen LogP contribution in [0.5, 0.6) is 5.75 Å². The number of ether oxygens (including phenoxy) is 2. The molecule has 2 amide bonds. The Morgan fingerprint density at radius 2 is 1.53 bits per heavy atom. The fourth-order valence-electron chi connectivity index (χ4n) is 3.86. The van der Waals surface area contributed by atoms with Crippen molar-refractivity contribution >= 4 is 34.6 Å². The van der Waals surface area contributed by atoms with Crippen LogP contribution in [0.3, 0.4) is 0 Å². The molecular weight excluding hydrogens is 608 g/mol. The highest BCUT2D eigenvalue weighted by atomic mass is 19.3. The van der Waals surface area contributed by atoms with Crippen LogP contribution in [-0.2, 0) is 11.3 Å². The average Bonchev–Trinajstić information content (AvgIpc) is 3.00. The van der Waals surface area contributed by atoms with Gasteiger partial charge in [0, 0.05) is 23.6 Å². The molecular formula is C28H28F4N6O7. The maximum atomic E-state index is 14.8. The van der Waals surface area contributed by atoms with E-state index in [9.17, 15) is 42.2 Å². The molecule has 3 aromatic carbocycles. The van der Waals surface area contributed by atoms with Crippen LogP contribution in [0.4, 0.5) is 40.3 Å². The van der Waals surface area contributed by atoms with E-state index in [-0.39, 0.29) is 36.4 Å². The molecule has 0 heterocycles. The molecule has 45 heavy (non-hydrogen) atoms. The van der Waals surface area contributed by atoms with Gasteiger partial charge in [-0.2, -0.15) is 17.6 Å². The Kier molecular flexibility index (Phi) is 11.3. The van der Waals surface area contributed by atoms with E-state index in [1.807, 2.05) is 41.0 Å². The zero-order valence-corrected chi connectivity index (χ0v) is 23.4. The van der Waals surface area contributed by atoms with Gasteiger partial charge >= 0.3 is 11.8 Å². The highest BCUT2D eigenvalue weighted by Crippen LogP contribution is 2.40. The van der Waals surface area contributed by atoms with Crippen LogP contribution >= 0.6 is 0 Å². The molecule has 0 unspecified atom stereocenters. The van der Waals surface area contributed by atoms with Gasteiger partial charge in [0.25, 0.3) is 5.69 Å². The molecule has 17 heteroatoms. The summed E-state index contributed by atoms with van der Waals surface area (Å²) in [6.45, 7) is -3.19. The SMILES string of the molecule is NC(=O)c1ccc(NCC(F)(F)C(F)(F)CNc2c(OCCCOCc3ccccc3)cc(C(N)=O)cc2[N+](=O)[O-])c(N=O)c1. The lowest BCUT2D eigenvalue weighted by molar-refractivity contribution is -0.384. The standard InChI is InChI=1S/C28H28F4N6O7/c29-27(30,15-35-20-8-7-18(25(33)39)11-21(20)37-41)28(31,32)16-36-24-22(38(42)43)12-19(26(34)40)13-23(24)45-10-4-9-44-14-17-5-2-1-3-6-17/h1-3,5-8,11-13,35-36H,4,9-10,14-16H2,(H2,33,39)(H2,34,40). The number of carbonyl (C=O) groups excluding carboxylic acids is 2. The number of nitrogens with one attached hydrogen (secondary N) is 2. The first-order chi connectivity index (χ1) is 21.3. The summed E-state index contributed by atoms with van der Waals surface area (Å²) in [7, 11) is 0. The number of rotatable bonds is 18. The van der Waals surface area contributed by atoms with Crippen LogP contribution in [0.25, 0.3) is 0 Å². The minimum absolute atomic E-state index is 0.152. The molecule has 3 rings (SSSR count). The normalized spacial score (nSPS) is 11.5. The summed E-state index contributed by atoms with van der Waals surface area (Å²) in [5.74, 6) is -12.1. The lowest BCUT2D eigenvalue weighted by Crippen LogP contribution is -2.50. The maximum absolute atomic E-state index is 14.8. The minimum atomic E-state index is -4.83. The number of hydrogen-bond acceptors (Lipinski definition) is 10. The molecule has 0 bridgehead atoms. The zero-order chi connectivity index (χ0) is 33.2. The quantitative estimate of drug-likeness (QED) is 0.0489. The molecule has 0 saturated carbocycles. The smallest absolute Gasteiger partial charge is 0.328 e. The lowest BCUT2D eigenvalue weighted by atomic mass is 10.1. The maximum Gasteiger partial charge on any atom is 0.328 e. The summed E-state index contributed by atoms with van der Waals surface area (Å²) < 4.78 is 70.2. The fraction of sp³-hybridized carbons (Fsp3) is 0.286. The van der Waals surface area contributed by atoms with Crippen molar-refractivity contribution in [2.75, 3.05) is 36.9 Å². The second kappa shape index (κ2) is 14.9. The van der Waals surface area contributed by atoms with Gasteiger partial charge in [-0.25, -0.2) is 0 Å². The summed E-state index contributed by atoms with van der Waals surface area (Å²) in [6.07, 6.45) is 0.235. The van der Waals surface area contributed by atoms with Crippen molar-refractivity contribution < 1.29 is 41.5 Å². The van der Waals surface area contributed by atoms with Crippen molar-refractivity contribution in [1.29, 1.82) is 0 Å². The minimum Gasteiger partial charge on any atom is -0.491 e. The van der Waals surface area contributed by atoms with Crippen molar-refractivity contribution in [1.82, 2.24) is 0 Å². The van der Waals surface area contributed by atoms with Gasteiger partial charge in [-0.1, -0.05) is 30.3 Å². The summed E-state index contributed by atoms with van der Waals surface area (Å²) in [6, 6.07) is 13.8. The molecule has 240 valence electrons. The number of nitro benzene ring substituents is 1. The highest BCUT2D eigenvalue weighted by Gasteiger charge is 2.56. The van der Waals surface area contributed by atoms with Gasteiger partial charge in [0.1, 0.15) is 11.4 Å². The largest absolute Gasteiger partial charge is 0.491 e. The topological polar surface area (TPSA) is 201 Å². The third-order valence-corrected chi connectivity index (χ3v) is 6.27. The predicted octanol–water partition coefficient (Wildman–Crippen LogP) is 4.97. The molecule has 0 aliphatic rings. The number of nitrogens with zero attached hydrogens (tertiary/aromatic N) is 2. The van der Waals surface area contributed by atoms with E-state index in [1.54, 1.807) is 0 Å². The molecule has 0 aliphatic carbocycles. The zero-order valence-electron chi connectivity index (χ0n) is 23.4. The number of primary amides is 2. The molecule has 3 aromatic rings. The van der Waals surface area contributed by atoms with E-state index in [0.717, 1.165) is 29.8 Å². The number of halogens is 4. The van der Waals surface area contributed by atoms with Gasteiger partial charge < -0.3 is 31.6 Å². The number of benzene rings is 3. The first-order valence-electron chi connectivity index (χ1n) is 13.1. The van der Waals surface area contributed by atoms with Gasteiger partial charge in [0.2, 0.25) is 11.8 Å². The first kappa shape index (κ1) is 34.2. The average molecular weight is 637 g/mol. The molecule has 0 fully saturated rings. The van der Waals surface area contributed by atoms with Crippen LogP contribution in [-0.4, -0.2) is 54.9 Å². The number of amides is 2. The van der Waals surface area contributed by atoms with E-state index >= 15 is 0 Å². The van der Waals surface area contributed by atoms with Crippen molar-refractivity contribution in [3.63, 3.8) is 0 Å². The number of nitro groups is 1.